The molecule has 1 aromatic carbocycles. The van der Waals surface area contributed by atoms with Crippen LogP contribution >= 0.6 is 0 Å². The molecule has 0 aliphatic rings. The Balaban J connectivity index is 2.12. The minimum absolute atomic E-state index is 0.680. The monoisotopic (exact) mass is 239 g/mol. The number of aromatic amines is 1. The lowest BCUT2D eigenvalue weighted by atomic mass is 10.2. The fourth-order valence-electron chi connectivity index (χ4n) is 2.15. The third-order valence-electron chi connectivity index (χ3n) is 2.99. The van der Waals surface area contributed by atoms with Gasteiger partial charge in [-0.3, -0.25) is 0 Å². The molecule has 5 nitrogen and oxygen atoms in total. The summed E-state index contributed by atoms with van der Waals surface area (Å²) in [4.78, 5) is 0. The Morgan fingerprint density at radius 2 is 1.83 bits per heavy atom. The molecule has 90 valence electrons. The summed E-state index contributed by atoms with van der Waals surface area (Å²) in [5.74, 6) is 0.680. The van der Waals surface area contributed by atoms with E-state index < -0.39 is 0 Å². The Morgan fingerprint density at radius 1 is 1.06 bits per heavy atom. The molecule has 3 aromatic rings. The van der Waals surface area contributed by atoms with Crippen LogP contribution in [0.25, 0.3) is 17.1 Å². The lowest BCUT2D eigenvalue weighted by Gasteiger charge is -2.10. The van der Waals surface area contributed by atoms with Crippen molar-refractivity contribution in [3.63, 3.8) is 0 Å². The van der Waals surface area contributed by atoms with Crippen molar-refractivity contribution in [3.05, 3.63) is 47.8 Å². The molecule has 0 saturated carbocycles. The van der Waals surface area contributed by atoms with E-state index in [2.05, 4.69) is 63.3 Å². The highest BCUT2D eigenvalue weighted by atomic mass is 15.5. The summed E-state index contributed by atoms with van der Waals surface area (Å²) >= 11 is 0. The average molecular weight is 239 g/mol. The molecule has 18 heavy (non-hydrogen) atoms. The van der Waals surface area contributed by atoms with Gasteiger partial charge in [0, 0.05) is 22.6 Å². The molecule has 5 heteroatoms. The van der Waals surface area contributed by atoms with Crippen LogP contribution in [0.3, 0.4) is 0 Å². The molecule has 0 aliphatic carbocycles. The van der Waals surface area contributed by atoms with Crippen LogP contribution in [-0.4, -0.2) is 25.2 Å². The van der Waals surface area contributed by atoms with Crippen molar-refractivity contribution in [1.29, 1.82) is 0 Å². The largest absolute Gasteiger partial charge is 0.318 e. The Morgan fingerprint density at radius 3 is 2.50 bits per heavy atom. The summed E-state index contributed by atoms with van der Waals surface area (Å²) in [5, 5.41) is 13.9. The maximum absolute atomic E-state index is 3.93. The van der Waals surface area contributed by atoms with Gasteiger partial charge in [-0.25, -0.2) is 5.10 Å². The van der Waals surface area contributed by atoms with Crippen molar-refractivity contribution in [2.45, 2.75) is 13.8 Å². The topological polar surface area (TPSA) is 59.4 Å². The summed E-state index contributed by atoms with van der Waals surface area (Å²) in [7, 11) is 0. The zero-order valence-electron chi connectivity index (χ0n) is 10.3. The van der Waals surface area contributed by atoms with Crippen LogP contribution in [0.2, 0.25) is 0 Å². The predicted molar refractivity (Wildman–Crippen MR) is 68.4 cm³/mol. The maximum Gasteiger partial charge on any atom is 0.179 e. The van der Waals surface area contributed by atoms with Gasteiger partial charge in [0.05, 0.1) is 0 Å². The van der Waals surface area contributed by atoms with Gasteiger partial charge >= 0.3 is 0 Å². The number of H-pyrrole nitrogens is 1. The van der Waals surface area contributed by atoms with Gasteiger partial charge in [-0.2, -0.15) is 0 Å². The highest BCUT2D eigenvalue weighted by molar-refractivity contribution is 5.58. The van der Waals surface area contributed by atoms with Gasteiger partial charge in [0.2, 0.25) is 0 Å². The van der Waals surface area contributed by atoms with E-state index in [1.54, 1.807) is 0 Å². The summed E-state index contributed by atoms with van der Waals surface area (Å²) < 4.78 is 2.20. The first-order chi connectivity index (χ1) is 8.75. The van der Waals surface area contributed by atoms with Gasteiger partial charge in [0.15, 0.2) is 5.82 Å². The van der Waals surface area contributed by atoms with Crippen LogP contribution in [0.4, 0.5) is 0 Å². The van der Waals surface area contributed by atoms with Crippen molar-refractivity contribution >= 4 is 0 Å². The first kappa shape index (κ1) is 10.7. The molecule has 0 fully saturated rings. The molecule has 0 bridgehead atoms. The van der Waals surface area contributed by atoms with E-state index in [1.165, 1.54) is 11.4 Å². The zero-order chi connectivity index (χ0) is 12.5. The fraction of sp³-hybridized carbons (Fsp3) is 0.154. The van der Waals surface area contributed by atoms with Crippen LogP contribution in [0.5, 0.6) is 0 Å². The summed E-state index contributed by atoms with van der Waals surface area (Å²) in [6, 6.07) is 12.4. The summed E-state index contributed by atoms with van der Waals surface area (Å²) in [6.45, 7) is 4.19. The SMILES string of the molecule is Cc1ccc(C)n1-c1cccc(-c2nnn[nH]2)c1. The first-order valence-electron chi connectivity index (χ1n) is 5.75. The van der Waals surface area contributed by atoms with Gasteiger partial charge in [-0.15, -0.1) is 5.10 Å². The number of tetrazole rings is 1. The Hall–Kier alpha value is -2.43. The standard InChI is InChI=1S/C13H13N5/c1-9-6-7-10(2)18(9)12-5-3-4-11(8-12)13-14-16-17-15-13/h3-8H,1-2H3,(H,14,15,16,17). The molecule has 1 N–H and O–H groups in total. The number of aromatic nitrogens is 5. The van der Waals surface area contributed by atoms with Crippen molar-refractivity contribution in [3.8, 4) is 17.1 Å². The van der Waals surface area contributed by atoms with Crippen molar-refractivity contribution in [2.24, 2.45) is 0 Å². The third kappa shape index (κ3) is 1.69. The lowest BCUT2D eigenvalue weighted by molar-refractivity contribution is 0.881. The Kier molecular flexibility index (Phi) is 2.44. The molecular weight excluding hydrogens is 226 g/mol. The molecule has 2 aromatic heterocycles. The molecule has 0 spiro atoms. The fourth-order valence-corrected chi connectivity index (χ4v) is 2.15. The first-order valence-corrected chi connectivity index (χ1v) is 5.75. The second-order valence-corrected chi connectivity index (χ2v) is 4.25. The second-order valence-electron chi connectivity index (χ2n) is 4.25. The smallest absolute Gasteiger partial charge is 0.179 e. The Bertz CT molecular complexity index is 647. The van der Waals surface area contributed by atoms with Crippen LogP contribution in [-0.2, 0) is 0 Å². The minimum atomic E-state index is 0.680. The van der Waals surface area contributed by atoms with Gasteiger partial charge in [-0.1, -0.05) is 12.1 Å². The molecule has 3 rings (SSSR count). The van der Waals surface area contributed by atoms with Crippen molar-refractivity contribution in [1.82, 2.24) is 25.2 Å². The predicted octanol–water partition coefficient (Wildman–Crippen LogP) is 2.27. The number of hydrogen-bond donors (Lipinski definition) is 1. The molecular formula is C13H13N5. The van der Waals surface area contributed by atoms with Crippen molar-refractivity contribution < 1.29 is 0 Å². The maximum atomic E-state index is 3.93. The van der Waals surface area contributed by atoms with Crippen LogP contribution in [0.15, 0.2) is 36.4 Å². The van der Waals surface area contributed by atoms with Gasteiger partial charge in [0.25, 0.3) is 0 Å². The molecule has 0 aliphatic heterocycles. The minimum Gasteiger partial charge on any atom is -0.318 e. The van der Waals surface area contributed by atoms with E-state index >= 15 is 0 Å². The average Bonchev–Trinajstić information content (AvgIpc) is 3.00. The number of nitrogens with one attached hydrogen (secondary N) is 1. The highest BCUT2D eigenvalue weighted by Crippen LogP contribution is 2.21. The number of nitrogens with zero attached hydrogens (tertiary/aromatic N) is 4. The van der Waals surface area contributed by atoms with Crippen LogP contribution in [0, 0.1) is 13.8 Å². The number of aryl methyl sites for hydroxylation is 2. The van der Waals surface area contributed by atoms with E-state index in [1.807, 2.05) is 12.1 Å². The second kappa shape index (κ2) is 4.10. The summed E-state index contributed by atoms with van der Waals surface area (Å²) in [5.41, 5.74) is 4.51. The van der Waals surface area contributed by atoms with Gasteiger partial charge in [-0.05, 0) is 48.5 Å². The highest BCUT2D eigenvalue weighted by Gasteiger charge is 2.07. The molecule has 0 atom stereocenters. The van der Waals surface area contributed by atoms with E-state index in [-0.39, 0.29) is 0 Å². The van der Waals surface area contributed by atoms with Gasteiger partial charge in [0.1, 0.15) is 0 Å². The van der Waals surface area contributed by atoms with E-state index in [9.17, 15) is 0 Å². The third-order valence-corrected chi connectivity index (χ3v) is 2.99. The van der Waals surface area contributed by atoms with Crippen molar-refractivity contribution in [2.75, 3.05) is 0 Å². The lowest BCUT2D eigenvalue weighted by Crippen LogP contribution is -1.98. The number of hydrogen-bond acceptors (Lipinski definition) is 3. The van der Waals surface area contributed by atoms with Crippen LogP contribution in [0.1, 0.15) is 11.4 Å². The van der Waals surface area contributed by atoms with E-state index in [0.29, 0.717) is 5.82 Å². The molecule has 2 heterocycles. The van der Waals surface area contributed by atoms with E-state index in [4.69, 9.17) is 0 Å². The van der Waals surface area contributed by atoms with E-state index in [0.717, 1.165) is 11.3 Å². The normalized spacial score (nSPS) is 10.8. The molecule has 0 radical (unpaired) electrons. The van der Waals surface area contributed by atoms with Gasteiger partial charge < -0.3 is 4.57 Å². The number of rotatable bonds is 2. The molecule has 0 saturated heterocycles. The summed E-state index contributed by atoms with van der Waals surface area (Å²) in [6.07, 6.45) is 0. The molecule has 0 amide bonds. The molecule has 0 unspecified atom stereocenters. The zero-order valence-corrected chi connectivity index (χ0v) is 10.3. The van der Waals surface area contributed by atoms with Crippen LogP contribution < -0.4 is 0 Å². The quantitative estimate of drug-likeness (QED) is 0.746. The number of benzene rings is 1. The Labute approximate surface area is 104 Å².